The van der Waals surface area contributed by atoms with Crippen LogP contribution in [0.1, 0.15) is 80.8 Å². The van der Waals surface area contributed by atoms with Gasteiger partial charge in [0.2, 0.25) is 0 Å². The number of ether oxygens (including phenoxy) is 2. The van der Waals surface area contributed by atoms with E-state index in [-0.39, 0.29) is 19.5 Å². The highest BCUT2D eigenvalue weighted by Gasteiger charge is 2.80. The number of hydrogen-bond acceptors (Lipinski definition) is 6. The molecule has 0 aliphatic heterocycles. The van der Waals surface area contributed by atoms with Crippen molar-refractivity contribution in [2.75, 3.05) is 0 Å². The van der Waals surface area contributed by atoms with Crippen molar-refractivity contribution in [2.45, 2.75) is 84.4 Å². The lowest BCUT2D eigenvalue weighted by Gasteiger charge is -2.25. The molecule has 0 fully saturated rings. The Labute approximate surface area is 218 Å². The fourth-order valence-corrected chi connectivity index (χ4v) is 5.56. The Bertz CT molecular complexity index is 1150. The van der Waals surface area contributed by atoms with Crippen LogP contribution in [0.4, 0.5) is 26.3 Å². The Morgan fingerprint density at radius 1 is 0.757 bits per heavy atom. The summed E-state index contributed by atoms with van der Waals surface area (Å²) in [6.07, 6.45) is -0.0734. The fourth-order valence-electron chi connectivity index (χ4n) is 3.74. The standard InChI is InChI=1S/C25H26F6O4S2/c1-7-11(3)34-21(32)17-9-15(13(5)36-17)19-20(24(28,29)25(30,31)23(19,26)27)16-10-18(37-14(16)6)22(33)35-12(4)8-2/h9-12H,7-8H2,1-6H3/t11-,12-/m1/s1. The molecule has 0 N–H and O–H groups in total. The first-order chi connectivity index (χ1) is 17.0. The molecular weight excluding hydrogens is 542 g/mol. The Balaban J connectivity index is 2.24. The second kappa shape index (κ2) is 10.1. The van der Waals surface area contributed by atoms with Crippen molar-refractivity contribution in [3.8, 4) is 0 Å². The number of allylic oxidation sites excluding steroid dienone is 2. The summed E-state index contributed by atoms with van der Waals surface area (Å²) >= 11 is 1.36. The molecule has 37 heavy (non-hydrogen) atoms. The number of carbonyl (C=O) groups is 2. The predicted octanol–water partition coefficient (Wildman–Crippen LogP) is 8.17. The Morgan fingerprint density at radius 3 is 1.38 bits per heavy atom. The summed E-state index contributed by atoms with van der Waals surface area (Å²) in [5.41, 5.74) is -4.37. The maximum atomic E-state index is 15.2. The first kappa shape index (κ1) is 29.2. The Kier molecular flexibility index (Phi) is 7.97. The van der Waals surface area contributed by atoms with Gasteiger partial charge in [-0.2, -0.15) is 26.3 Å². The van der Waals surface area contributed by atoms with Crippen molar-refractivity contribution in [3.63, 3.8) is 0 Å². The lowest BCUT2D eigenvalue weighted by molar-refractivity contribution is -0.254. The van der Waals surface area contributed by atoms with Crippen LogP contribution in [-0.4, -0.2) is 41.9 Å². The molecule has 2 aromatic heterocycles. The highest BCUT2D eigenvalue weighted by molar-refractivity contribution is 7.14. The van der Waals surface area contributed by atoms with Gasteiger partial charge in [-0.05, 0) is 63.8 Å². The molecule has 2 heterocycles. The van der Waals surface area contributed by atoms with E-state index in [1.807, 2.05) is 0 Å². The molecule has 2 aromatic rings. The van der Waals surface area contributed by atoms with E-state index in [1.165, 1.54) is 13.8 Å². The lowest BCUT2D eigenvalue weighted by Crippen LogP contribution is -2.48. The zero-order valence-corrected chi connectivity index (χ0v) is 22.6. The molecule has 1 aliphatic rings. The second-order valence-electron chi connectivity index (χ2n) is 8.88. The smallest absolute Gasteiger partial charge is 0.380 e. The third-order valence-electron chi connectivity index (χ3n) is 6.21. The minimum absolute atomic E-state index is 0.0407. The fraction of sp³-hybridized carbons (Fsp3) is 0.520. The molecule has 204 valence electrons. The molecule has 0 saturated heterocycles. The number of hydrogen-bond donors (Lipinski definition) is 0. The molecule has 0 spiro atoms. The van der Waals surface area contributed by atoms with Crippen molar-refractivity contribution >= 4 is 45.8 Å². The van der Waals surface area contributed by atoms with Crippen LogP contribution in [-0.2, 0) is 9.47 Å². The van der Waals surface area contributed by atoms with Crippen molar-refractivity contribution in [2.24, 2.45) is 0 Å². The van der Waals surface area contributed by atoms with Crippen LogP contribution in [0.15, 0.2) is 12.1 Å². The van der Waals surface area contributed by atoms with Crippen LogP contribution in [0.25, 0.3) is 11.1 Å². The van der Waals surface area contributed by atoms with Crippen molar-refractivity contribution in [1.82, 2.24) is 0 Å². The predicted molar refractivity (Wildman–Crippen MR) is 130 cm³/mol. The van der Waals surface area contributed by atoms with Gasteiger partial charge in [0.05, 0.1) is 12.2 Å². The minimum atomic E-state index is -5.76. The van der Waals surface area contributed by atoms with E-state index in [4.69, 9.17) is 9.47 Å². The zero-order valence-electron chi connectivity index (χ0n) is 20.9. The number of aryl methyl sites for hydroxylation is 2. The Morgan fingerprint density at radius 2 is 1.08 bits per heavy atom. The van der Waals surface area contributed by atoms with Gasteiger partial charge in [0, 0.05) is 20.9 Å². The Hall–Kier alpha value is -2.34. The van der Waals surface area contributed by atoms with Crippen molar-refractivity contribution in [1.29, 1.82) is 0 Å². The summed E-state index contributed by atoms with van der Waals surface area (Å²) < 4.78 is 100. The van der Waals surface area contributed by atoms with Gasteiger partial charge in [-0.3, -0.25) is 0 Å². The van der Waals surface area contributed by atoms with Crippen LogP contribution >= 0.6 is 22.7 Å². The number of carbonyl (C=O) groups excluding carboxylic acids is 2. The monoisotopic (exact) mass is 568 g/mol. The highest BCUT2D eigenvalue weighted by atomic mass is 32.1. The number of rotatable bonds is 8. The summed E-state index contributed by atoms with van der Waals surface area (Å²) in [6, 6.07) is 1.76. The SMILES string of the molecule is CC[C@@H](C)OC(=O)c1cc(C2=C(c3cc(C(=O)O[C@H](C)CC)sc3C)C(F)(F)C(F)(F)C2(F)F)c(C)s1. The van der Waals surface area contributed by atoms with Gasteiger partial charge in [-0.1, -0.05) is 13.8 Å². The van der Waals surface area contributed by atoms with Gasteiger partial charge >= 0.3 is 29.7 Å². The van der Waals surface area contributed by atoms with E-state index in [9.17, 15) is 18.4 Å². The summed E-state index contributed by atoms with van der Waals surface area (Å²) in [6.45, 7) is 9.25. The normalized spacial score (nSPS) is 19.6. The third kappa shape index (κ3) is 4.82. The lowest BCUT2D eigenvalue weighted by atomic mass is 9.95. The van der Waals surface area contributed by atoms with E-state index in [0.717, 1.165) is 12.1 Å². The van der Waals surface area contributed by atoms with Crippen molar-refractivity contribution in [3.05, 3.63) is 42.8 Å². The van der Waals surface area contributed by atoms with E-state index in [0.29, 0.717) is 35.5 Å². The summed E-state index contributed by atoms with van der Waals surface area (Å²) in [5.74, 6) is -18.1. The summed E-state index contributed by atoms with van der Waals surface area (Å²) in [4.78, 5) is 24.4. The quantitative estimate of drug-likeness (QED) is 0.238. The first-order valence-corrected chi connectivity index (χ1v) is 13.2. The first-order valence-electron chi connectivity index (χ1n) is 11.5. The molecule has 0 radical (unpaired) electrons. The van der Waals surface area contributed by atoms with Crippen LogP contribution in [0.5, 0.6) is 0 Å². The largest absolute Gasteiger partial charge is 0.459 e. The highest BCUT2D eigenvalue weighted by Crippen LogP contribution is 2.65. The number of thiophene rings is 2. The van der Waals surface area contributed by atoms with Crippen molar-refractivity contribution < 1.29 is 45.4 Å². The number of alkyl halides is 6. The molecule has 0 aromatic carbocycles. The van der Waals surface area contributed by atoms with Gasteiger partial charge in [0.15, 0.2) is 0 Å². The average molecular weight is 569 g/mol. The molecule has 0 bridgehead atoms. The van der Waals surface area contributed by atoms with E-state index >= 15 is 17.6 Å². The van der Waals surface area contributed by atoms with E-state index in [1.54, 1.807) is 27.7 Å². The van der Waals surface area contributed by atoms with Crippen LogP contribution < -0.4 is 0 Å². The summed E-state index contributed by atoms with van der Waals surface area (Å²) in [5, 5.41) is 0. The number of halogens is 6. The van der Waals surface area contributed by atoms with Crippen LogP contribution in [0.2, 0.25) is 0 Å². The van der Waals surface area contributed by atoms with Gasteiger partial charge in [-0.15, -0.1) is 22.7 Å². The number of esters is 2. The molecule has 0 unspecified atom stereocenters. The zero-order chi connectivity index (χ0) is 28.1. The molecule has 0 amide bonds. The molecule has 4 nitrogen and oxygen atoms in total. The molecule has 0 saturated carbocycles. The average Bonchev–Trinajstić information content (AvgIpc) is 3.41. The molecule has 1 aliphatic carbocycles. The van der Waals surface area contributed by atoms with E-state index in [2.05, 4.69) is 0 Å². The van der Waals surface area contributed by atoms with Crippen LogP contribution in [0.3, 0.4) is 0 Å². The molecule has 12 heteroatoms. The maximum Gasteiger partial charge on any atom is 0.380 e. The molecule has 3 rings (SSSR count). The van der Waals surface area contributed by atoms with Crippen LogP contribution in [0, 0.1) is 13.8 Å². The minimum Gasteiger partial charge on any atom is -0.459 e. The second-order valence-corrected chi connectivity index (χ2v) is 11.4. The van der Waals surface area contributed by atoms with Gasteiger partial charge in [0.1, 0.15) is 9.75 Å². The summed E-state index contributed by atoms with van der Waals surface area (Å²) in [7, 11) is 0. The van der Waals surface area contributed by atoms with Gasteiger partial charge in [-0.25, -0.2) is 9.59 Å². The topological polar surface area (TPSA) is 52.6 Å². The van der Waals surface area contributed by atoms with E-state index < -0.39 is 64.2 Å². The van der Waals surface area contributed by atoms with Gasteiger partial charge < -0.3 is 9.47 Å². The third-order valence-corrected chi connectivity index (χ3v) is 8.27. The molecule has 2 atom stereocenters. The molecular formula is C25H26F6O4S2. The maximum absolute atomic E-state index is 15.2. The van der Waals surface area contributed by atoms with Gasteiger partial charge in [0.25, 0.3) is 0 Å².